The molecule has 10 N–H and O–H groups in total. The Labute approximate surface area is 815 Å². The van der Waals surface area contributed by atoms with Crippen molar-refractivity contribution in [1.82, 2.24) is 5.32 Å². The summed E-state index contributed by atoms with van der Waals surface area (Å²) < 4.78 is 188. The van der Waals surface area contributed by atoms with Crippen molar-refractivity contribution in [3.8, 4) is 0 Å². The third-order valence-electron chi connectivity index (χ3n) is 32.5. The van der Waals surface area contributed by atoms with Gasteiger partial charge in [0.15, 0.2) is 102 Å². The van der Waals surface area contributed by atoms with Gasteiger partial charge in [0.05, 0.1) is 52.3 Å². The molecule has 43 heteroatoms. The predicted octanol–water partition coefficient (Wildman–Crippen LogP) is 9.46. The zero-order valence-electron chi connectivity index (χ0n) is 89.8. The van der Waals surface area contributed by atoms with E-state index in [1.165, 1.54) is 42.7 Å². The van der Waals surface area contributed by atoms with E-state index in [1.807, 2.05) is 0 Å². The summed E-state index contributed by atoms with van der Waals surface area (Å²) in [6, 6.07) is -1.19. The summed E-state index contributed by atoms with van der Waals surface area (Å²) in [4.78, 5) is 0. The fourth-order valence-corrected chi connectivity index (χ4v) is 22.9. The van der Waals surface area contributed by atoms with Gasteiger partial charge in [-0.3, -0.25) is 0 Å². The first-order valence-electron chi connectivity index (χ1n) is 48.7. The summed E-state index contributed by atoms with van der Waals surface area (Å²) >= 11 is 0. The number of ether oxygens (including phenoxy) is 20. The van der Waals surface area contributed by atoms with Crippen LogP contribution in [0.3, 0.4) is 0 Å². The number of aliphatic hydroxyl groups excluding tert-OH is 7. The maximum Gasteiger partial charge on any atom is 0.192 e. The summed E-state index contributed by atoms with van der Waals surface area (Å²) in [5, 5.41) is 95.1. The monoisotopic (exact) mass is 2060 g/mol. The van der Waals surface area contributed by atoms with E-state index in [-0.39, 0.29) is 94.6 Å². The van der Waals surface area contributed by atoms with Crippen molar-refractivity contribution in [2.45, 2.75) is 487 Å². The van der Waals surface area contributed by atoms with Crippen LogP contribution in [-0.2, 0) is 126 Å². The number of methoxy groups -OCH3 is 6. The fourth-order valence-electron chi connectivity index (χ4n) is 15.8. The summed E-state index contributed by atoms with van der Waals surface area (Å²) in [5.74, 6) is 0. The van der Waals surface area contributed by atoms with Gasteiger partial charge in [-0.05, 0) is 127 Å². The summed E-state index contributed by atoms with van der Waals surface area (Å²) in [6.07, 6.45) is -50.3. The molecule has 0 aromatic heterocycles. The van der Waals surface area contributed by atoms with Gasteiger partial charge in [0, 0.05) is 55.7 Å². The van der Waals surface area contributed by atoms with Crippen LogP contribution in [0, 0.1) is 0 Å². The minimum absolute atomic E-state index is 0.0762. The van der Waals surface area contributed by atoms with Gasteiger partial charge in [-0.15, -0.1) is 0 Å². The highest BCUT2D eigenvalue weighted by Gasteiger charge is 2.64. The highest BCUT2D eigenvalue weighted by Crippen LogP contribution is 2.49. The van der Waals surface area contributed by atoms with E-state index in [9.17, 15) is 35.7 Å². The van der Waals surface area contributed by atoms with Gasteiger partial charge in [-0.2, -0.15) is 0 Å². The summed E-state index contributed by atoms with van der Waals surface area (Å²) in [5.41, 5.74) is 6.41. The standard InChI is InChI=1S/C92H186N2O34Si7/c1-86(2,3)129(28,29)108-44-51-66-58(94-43-42-93)59(95)79(115-51)123-67-52(45-109-130(30,31)87(4,5)6)117-81(74(103-23)60(67)96)125-69-54(47-111-132(34,35)89(10,11)12)119-83(76(105-25)62(69)98)127-71-56(49-113-134(38,39)91(16,17)18)121-85(78(107-27)64(71)100)128-72-57(50-114-135(40,41)92(19,20)21)120-84(77(106-26)65(72)101)126-70-55(48-112-133(36,37)90(13,14)15)118-82(75(104-24)63(70)99)124-68-53(46-110-131(32,33)88(7,8)9)116-80(122-66)73(102-22)61(68)97/h51-85,94-101H,42-50,93H2,1-41H3/t51-,52-,53-,54-,55-,56-,57-,58+,59+,60+,61+,62+,63+,64+,65+,66-,67-,68-,69-,70-,71-,72-,73-,74-,75-,76-,77-,78-,79-,80-,81-,82-,83-,84-,85-/m1/s1. The molecule has 796 valence electrons. The number of nitrogens with two attached hydrogens (primary N) is 1. The number of aliphatic hydroxyl groups is 7. The van der Waals surface area contributed by atoms with Gasteiger partial charge >= 0.3 is 0 Å². The van der Waals surface area contributed by atoms with E-state index in [0.717, 1.165) is 0 Å². The molecule has 0 unspecified atom stereocenters. The number of hydrogen-bond donors (Lipinski definition) is 9. The lowest BCUT2D eigenvalue weighted by Crippen LogP contribution is -2.70. The Kier molecular flexibility index (Phi) is 41.4. The van der Waals surface area contributed by atoms with E-state index in [2.05, 4.69) is 242 Å². The molecule has 15 saturated heterocycles. The van der Waals surface area contributed by atoms with E-state index in [0.29, 0.717) is 0 Å². The lowest BCUT2D eigenvalue weighted by atomic mass is 9.93. The van der Waals surface area contributed by atoms with Crippen molar-refractivity contribution in [1.29, 1.82) is 0 Å². The second kappa shape index (κ2) is 46.5. The summed E-state index contributed by atoms with van der Waals surface area (Å²) in [7, 11) is -11.0. The maximum absolute atomic E-state index is 13.5. The summed E-state index contributed by atoms with van der Waals surface area (Å²) in [6.45, 7) is 71.8. The Hall–Kier alpha value is 0.0782. The fraction of sp³-hybridized carbons (Fsp3) is 1.00. The second-order valence-electron chi connectivity index (χ2n) is 48.9. The normalized spacial score (nSPS) is 38.6. The van der Waals surface area contributed by atoms with Gasteiger partial charge in [-0.25, -0.2) is 0 Å². The van der Waals surface area contributed by atoms with E-state index in [1.54, 1.807) is 0 Å². The molecule has 0 saturated carbocycles. The molecule has 15 aliphatic rings. The van der Waals surface area contributed by atoms with Crippen molar-refractivity contribution in [3.05, 3.63) is 0 Å². The Morgan fingerprint density at radius 2 is 0.363 bits per heavy atom. The average Bonchev–Trinajstić information content (AvgIpc) is 0.835. The molecule has 0 aromatic carbocycles. The van der Waals surface area contributed by atoms with Crippen molar-refractivity contribution in [2.24, 2.45) is 5.73 Å². The largest absolute Gasteiger partial charge is 0.414 e. The van der Waals surface area contributed by atoms with Gasteiger partial charge < -0.3 is 173 Å². The van der Waals surface area contributed by atoms with Crippen LogP contribution in [-0.4, -0.2) is 411 Å². The smallest absolute Gasteiger partial charge is 0.192 e. The molecule has 15 rings (SSSR count). The number of hydrogen-bond acceptors (Lipinski definition) is 36. The quantitative estimate of drug-likeness (QED) is 0.0302. The molecule has 0 amide bonds. The topological polar surface area (TPSA) is 429 Å². The molecule has 15 aliphatic heterocycles. The zero-order valence-corrected chi connectivity index (χ0v) is 96.8. The van der Waals surface area contributed by atoms with Crippen LogP contribution in [0.25, 0.3) is 0 Å². The maximum atomic E-state index is 13.5. The van der Waals surface area contributed by atoms with Crippen LogP contribution in [0.2, 0.25) is 127 Å². The molecule has 14 bridgehead atoms. The molecule has 36 nitrogen and oxygen atoms in total. The predicted molar refractivity (Wildman–Crippen MR) is 524 cm³/mol. The van der Waals surface area contributed by atoms with Crippen LogP contribution in [0.1, 0.15) is 145 Å². The average molecular weight is 2060 g/mol. The lowest BCUT2D eigenvalue weighted by Gasteiger charge is -2.52. The molecule has 0 aliphatic carbocycles. The molecular weight excluding hydrogens is 1870 g/mol. The van der Waals surface area contributed by atoms with E-state index >= 15 is 0 Å². The van der Waals surface area contributed by atoms with Crippen molar-refractivity contribution in [3.63, 3.8) is 0 Å². The van der Waals surface area contributed by atoms with Crippen LogP contribution in [0.4, 0.5) is 0 Å². The van der Waals surface area contributed by atoms with Gasteiger partial charge in [0.1, 0.15) is 165 Å². The van der Waals surface area contributed by atoms with Gasteiger partial charge in [0.25, 0.3) is 0 Å². The van der Waals surface area contributed by atoms with Crippen LogP contribution in [0.15, 0.2) is 0 Å². The SMILES string of the molecule is CO[C@H]1[C@H]2O[C@H]3[C@H](O)[C@@H](OC)[C@@H](O[C@H]4[C@H](O)[C@@H](OC)[C@@H](O[C@H]5[C@H](O)[C@@H](OC)[C@@H](O[C@H]6[C@H](O)[C@@H](OC)[C@@H](O[C@H]7[C@H](O)[C@@H](OC)[C@@H](O[C@H]8[C@@H](NCCN)[C@H](O)[C@@H](O[C@@H]([C@@H]1O)[C@@H](CO[Si](C)(C)C(C)(C)C)O2)O[C@@H]8CO[Si](C)(C)C(C)(C)C)O[C@@H]7CO[Si](C)(C)C(C)(C)C)O[C@@H]6CO[Si](C)(C)C(C)(C)C)O[C@@H]5CO[Si](C)(C)C(C)(C)C)O[C@@H]4CO[Si](C)(C)C(C)(C)C)O[C@@H]3CO[Si](C)(C)C(C)(C)C. The molecule has 0 radical (unpaired) electrons. The van der Waals surface area contributed by atoms with Crippen molar-refractivity contribution < 1.29 is 161 Å². The zero-order chi connectivity index (χ0) is 102. The minimum Gasteiger partial charge on any atom is -0.414 e. The van der Waals surface area contributed by atoms with E-state index in [4.69, 9.17) is 131 Å². The second-order valence-corrected chi connectivity index (χ2v) is 82.6. The number of fused-ring (bicyclic) bond motifs is 7. The Morgan fingerprint density at radius 1 is 0.222 bits per heavy atom. The lowest BCUT2D eigenvalue weighted by molar-refractivity contribution is -0.399. The Bertz CT molecular complexity index is 3550. The molecule has 0 aromatic rings. The number of rotatable bonds is 30. The third kappa shape index (κ3) is 28.0. The van der Waals surface area contributed by atoms with E-state index < -0.39 is 273 Å². The van der Waals surface area contributed by atoms with Crippen LogP contribution < -0.4 is 11.1 Å². The number of nitrogens with one attached hydrogen (secondary N) is 1. The van der Waals surface area contributed by atoms with Gasteiger partial charge in [-0.1, -0.05) is 145 Å². The Morgan fingerprint density at radius 3 is 0.511 bits per heavy atom. The molecule has 15 heterocycles. The van der Waals surface area contributed by atoms with Crippen LogP contribution in [0.5, 0.6) is 0 Å². The molecule has 35 atom stereocenters. The van der Waals surface area contributed by atoms with Gasteiger partial charge in [0.2, 0.25) is 0 Å². The third-order valence-corrected chi connectivity index (χ3v) is 64.0. The van der Waals surface area contributed by atoms with Crippen molar-refractivity contribution >= 4 is 58.2 Å². The first-order chi connectivity index (χ1) is 61.7. The molecule has 0 spiro atoms. The molecule has 15 fully saturated rings. The molecular formula is C92H186N2O34Si7. The minimum atomic E-state index is -2.76. The molecule has 135 heavy (non-hydrogen) atoms. The highest BCUT2D eigenvalue weighted by molar-refractivity contribution is 6.76. The first kappa shape index (κ1) is 120. The van der Waals surface area contributed by atoms with Crippen molar-refractivity contribution in [2.75, 3.05) is 102 Å². The highest BCUT2D eigenvalue weighted by atomic mass is 28.4. The van der Waals surface area contributed by atoms with Crippen LogP contribution >= 0.6 is 0 Å². The Balaban J connectivity index is 1.39. The first-order valence-corrected chi connectivity index (χ1v) is 69.1.